The molecule has 1 aliphatic carbocycles. The van der Waals surface area contributed by atoms with E-state index < -0.39 is 0 Å². The number of nitrogens with zero attached hydrogens (tertiary/aromatic N) is 2. The highest BCUT2D eigenvalue weighted by molar-refractivity contribution is 5.16. The van der Waals surface area contributed by atoms with Gasteiger partial charge in [-0.1, -0.05) is 12.8 Å². The van der Waals surface area contributed by atoms with Crippen LogP contribution < -0.4 is 5.73 Å². The van der Waals surface area contributed by atoms with E-state index in [9.17, 15) is 0 Å². The van der Waals surface area contributed by atoms with Gasteiger partial charge in [-0.2, -0.15) is 5.10 Å². The van der Waals surface area contributed by atoms with Gasteiger partial charge in [0.2, 0.25) is 0 Å². The van der Waals surface area contributed by atoms with Crippen LogP contribution in [0, 0.1) is 0 Å². The summed E-state index contributed by atoms with van der Waals surface area (Å²) >= 11 is 0. The van der Waals surface area contributed by atoms with Crippen molar-refractivity contribution in [3.63, 3.8) is 0 Å². The second kappa shape index (κ2) is 3.94. The Labute approximate surface area is 90.4 Å². The Balaban J connectivity index is 2.21. The van der Waals surface area contributed by atoms with Crippen molar-refractivity contribution in [2.24, 2.45) is 12.8 Å². The molecule has 2 rings (SSSR count). The molecule has 1 aromatic heterocycles. The van der Waals surface area contributed by atoms with Crippen molar-refractivity contribution in [3.8, 4) is 0 Å². The van der Waals surface area contributed by atoms with Gasteiger partial charge >= 0.3 is 0 Å². The molecule has 0 spiro atoms. The maximum atomic E-state index is 6.28. The third kappa shape index (κ3) is 1.79. The lowest BCUT2D eigenvalue weighted by Gasteiger charge is -2.33. The number of aryl methyl sites for hydroxylation is 1. The van der Waals surface area contributed by atoms with Crippen LogP contribution in [0.4, 0.5) is 0 Å². The molecule has 0 saturated heterocycles. The zero-order chi connectivity index (χ0) is 10.9. The van der Waals surface area contributed by atoms with Crippen molar-refractivity contribution in [2.45, 2.75) is 37.3 Å². The first-order chi connectivity index (χ1) is 7.18. The molecule has 2 N–H and O–H groups in total. The minimum Gasteiger partial charge on any atom is -0.376 e. The van der Waals surface area contributed by atoms with Crippen LogP contribution in [0.3, 0.4) is 0 Å². The van der Waals surface area contributed by atoms with E-state index in [0.29, 0.717) is 0 Å². The molecule has 84 valence electrons. The molecule has 4 nitrogen and oxygen atoms in total. The fourth-order valence-electron chi connectivity index (χ4n) is 2.52. The molecule has 1 atom stereocenters. The highest BCUT2D eigenvalue weighted by Gasteiger charge is 2.40. The van der Waals surface area contributed by atoms with Gasteiger partial charge in [0, 0.05) is 25.9 Å². The monoisotopic (exact) mass is 209 g/mol. The predicted octanol–water partition coefficient (Wildman–Crippen LogP) is 1.38. The Hall–Kier alpha value is -0.870. The first kappa shape index (κ1) is 10.6. The first-order valence-corrected chi connectivity index (χ1v) is 5.47. The standard InChI is InChI=1S/C11H19N3O/c1-14-8-9(7-13-14)10(12)11(15-2)5-3-4-6-11/h7-8,10H,3-6,12H2,1-2H3. The zero-order valence-electron chi connectivity index (χ0n) is 9.44. The van der Waals surface area contributed by atoms with Gasteiger partial charge in [-0.3, -0.25) is 4.68 Å². The van der Waals surface area contributed by atoms with E-state index in [-0.39, 0.29) is 11.6 Å². The van der Waals surface area contributed by atoms with Crippen molar-refractivity contribution in [1.29, 1.82) is 0 Å². The van der Waals surface area contributed by atoms with E-state index in [2.05, 4.69) is 5.10 Å². The summed E-state index contributed by atoms with van der Waals surface area (Å²) in [5.41, 5.74) is 7.19. The van der Waals surface area contributed by atoms with E-state index >= 15 is 0 Å². The van der Waals surface area contributed by atoms with E-state index in [4.69, 9.17) is 10.5 Å². The van der Waals surface area contributed by atoms with Crippen molar-refractivity contribution in [3.05, 3.63) is 18.0 Å². The molecule has 15 heavy (non-hydrogen) atoms. The number of methoxy groups -OCH3 is 1. The number of aromatic nitrogens is 2. The number of hydrogen-bond donors (Lipinski definition) is 1. The topological polar surface area (TPSA) is 53.1 Å². The van der Waals surface area contributed by atoms with Gasteiger partial charge in [-0.15, -0.1) is 0 Å². The molecule has 0 aliphatic heterocycles. The van der Waals surface area contributed by atoms with Crippen molar-refractivity contribution >= 4 is 0 Å². The Morgan fingerprint density at radius 3 is 2.67 bits per heavy atom. The lowest BCUT2D eigenvalue weighted by atomic mass is 9.89. The van der Waals surface area contributed by atoms with Gasteiger partial charge in [0.1, 0.15) is 0 Å². The van der Waals surface area contributed by atoms with E-state index in [1.54, 1.807) is 11.8 Å². The second-order valence-electron chi connectivity index (χ2n) is 4.40. The summed E-state index contributed by atoms with van der Waals surface area (Å²) in [6.45, 7) is 0. The summed E-state index contributed by atoms with van der Waals surface area (Å²) in [4.78, 5) is 0. The van der Waals surface area contributed by atoms with Gasteiger partial charge in [-0.25, -0.2) is 0 Å². The fourth-order valence-corrected chi connectivity index (χ4v) is 2.52. The molecular weight excluding hydrogens is 190 g/mol. The highest BCUT2D eigenvalue weighted by atomic mass is 16.5. The van der Waals surface area contributed by atoms with Crippen molar-refractivity contribution in [2.75, 3.05) is 7.11 Å². The third-order valence-electron chi connectivity index (χ3n) is 3.51. The van der Waals surface area contributed by atoms with Gasteiger partial charge in [-0.05, 0) is 12.8 Å². The maximum absolute atomic E-state index is 6.28. The zero-order valence-corrected chi connectivity index (χ0v) is 9.44. The lowest BCUT2D eigenvalue weighted by Crippen LogP contribution is -2.40. The molecule has 0 bridgehead atoms. The molecule has 1 fully saturated rings. The minimum absolute atomic E-state index is 0.0568. The molecule has 1 heterocycles. The van der Waals surface area contributed by atoms with Crippen LogP contribution in [-0.2, 0) is 11.8 Å². The van der Waals surface area contributed by atoms with Gasteiger partial charge in [0.05, 0.1) is 17.8 Å². The van der Waals surface area contributed by atoms with Crippen LogP contribution >= 0.6 is 0 Å². The quantitative estimate of drug-likeness (QED) is 0.818. The summed E-state index contributed by atoms with van der Waals surface area (Å²) in [7, 11) is 3.67. The fraction of sp³-hybridized carbons (Fsp3) is 0.727. The number of nitrogens with two attached hydrogens (primary N) is 1. The molecular formula is C11H19N3O. The molecule has 1 saturated carbocycles. The largest absolute Gasteiger partial charge is 0.376 e. The van der Waals surface area contributed by atoms with E-state index in [1.807, 2.05) is 19.4 Å². The summed E-state index contributed by atoms with van der Waals surface area (Å²) in [6.07, 6.45) is 8.34. The van der Waals surface area contributed by atoms with E-state index in [1.165, 1.54) is 12.8 Å². The third-order valence-corrected chi connectivity index (χ3v) is 3.51. The molecule has 4 heteroatoms. The van der Waals surface area contributed by atoms with Gasteiger partial charge in [0.25, 0.3) is 0 Å². The predicted molar refractivity (Wildman–Crippen MR) is 58.3 cm³/mol. The van der Waals surface area contributed by atoms with Crippen LogP contribution in [0.15, 0.2) is 12.4 Å². The molecule has 1 unspecified atom stereocenters. The van der Waals surface area contributed by atoms with Crippen molar-refractivity contribution in [1.82, 2.24) is 9.78 Å². The number of rotatable bonds is 3. The Bertz CT molecular complexity index is 328. The first-order valence-electron chi connectivity index (χ1n) is 5.47. The number of hydrogen-bond acceptors (Lipinski definition) is 3. The smallest absolute Gasteiger partial charge is 0.0871 e. The average Bonchev–Trinajstić information content (AvgIpc) is 2.86. The number of ether oxygens (including phenoxy) is 1. The van der Waals surface area contributed by atoms with Gasteiger partial charge < -0.3 is 10.5 Å². The molecule has 1 aliphatic rings. The average molecular weight is 209 g/mol. The highest BCUT2D eigenvalue weighted by Crippen LogP contribution is 2.40. The van der Waals surface area contributed by atoms with Crippen LogP contribution in [0.25, 0.3) is 0 Å². The van der Waals surface area contributed by atoms with Crippen LogP contribution in [0.2, 0.25) is 0 Å². The molecule has 0 radical (unpaired) electrons. The maximum Gasteiger partial charge on any atom is 0.0871 e. The molecule has 1 aromatic rings. The lowest BCUT2D eigenvalue weighted by molar-refractivity contribution is -0.0264. The molecule has 0 amide bonds. The normalized spacial score (nSPS) is 21.8. The van der Waals surface area contributed by atoms with Crippen LogP contribution in [0.5, 0.6) is 0 Å². The van der Waals surface area contributed by atoms with Crippen LogP contribution in [-0.4, -0.2) is 22.5 Å². The SMILES string of the molecule is COC1(C(N)c2cnn(C)c2)CCCC1. The second-order valence-corrected chi connectivity index (χ2v) is 4.40. The Morgan fingerprint density at radius 2 is 2.20 bits per heavy atom. The minimum atomic E-state index is -0.164. The van der Waals surface area contributed by atoms with E-state index in [0.717, 1.165) is 18.4 Å². The summed E-state index contributed by atoms with van der Waals surface area (Å²) in [5.74, 6) is 0. The van der Waals surface area contributed by atoms with Crippen molar-refractivity contribution < 1.29 is 4.74 Å². The summed E-state index contributed by atoms with van der Waals surface area (Å²) in [6, 6.07) is -0.0568. The molecule has 0 aromatic carbocycles. The Morgan fingerprint density at radius 1 is 1.53 bits per heavy atom. The van der Waals surface area contributed by atoms with Gasteiger partial charge in [0.15, 0.2) is 0 Å². The summed E-state index contributed by atoms with van der Waals surface area (Å²) in [5, 5.41) is 4.16. The summed E-state index contributed by atoms with van der Waals surface area (Å²) < 4.78 is 7.45. The Kier molecular flexibility index (Phi) is 2.80. The van der Waals surface area contributed by atoms with Crippen LogP contribution in [0.1, 0.15) is 37.3 Å².